The molecule has 1 amide bonds. The van der Waals surface area contributed by atoms with E-state index in [-0.39, 0.29) is 10.8 Å². The van der Waals surface area contributed by atoms with Crippen LogP contribution in [0.1, 0.15) is 15.4 Å². The number of sulfonamides is 1. The van der Waals surface area contributed by atoms with Crippen LogP contribution in [-0.4, -0.2) is 26.4 Å². The molecule has 7 nitrogen and oxygen atoms in total. The fraction of sp³-hybridized carbons (Fsp3) is 0.0909. The number of fused-ring (bicyclic) bond motifs is 1. The number of amides is 1. The maximum Gasteiger partial charge on any atom is 0.262 e. The number of hydrogen-bond acceptors (Lipinski definition) is 6. The molecule has 9 heteroatoms. The minimum atomic E-state index is -3.83. The van der Waals surface area contributed by atoms with Gasteiger partial charge in [-0.15, -0.1) is 11.3 Å². The van der Waals surface area contributed by atoms with E-state index in [1.807, 2.05) is 24.3 Å². The Morgan fingerprint density at radius 2 is 1.71 bits per heavy atom. The Labute approximate surface area is 183 Å². The maximum atomic E-state index is 12.7. The van der Waals surface area contributed by atoms with Crippen LogP contribution in [0.15, 0.2) is 77.7 Å². The third kappa shape index (κ3) is 4.68. The van der Waals surface area contributed by atoms with E-state index in [4.69, 9.17) is 4.74 Å². The Balaban J connectivity index is 1.43. The number of aromatic nitrogens is 1. The van der Waals surface area contributed by atoms with E-state index in [2.05, 4.69) is 15.0 Å². The highest BCUT2D eigenvalue weighted by Crippen LogP contribution is 2.26. The molecule has 4 rings (SSSR count). The average molecular weight is 454 g/mol. The fourth-order valence-corrected chi connectivity index (χ4v) is 4.95. The lowest BCUT2D eigenvalue weighted by atomic mass is 10.2. The summed E-state index contributed by atoms with van der Waals surface area (Å²) in [4.78, 5) is 17.0. The molecule has 0 radical (unpaired) electrons. The Kier molecular flexibility index (Phi) is 5.88. The molecule has 1 aromatic heterocycles. The predicted octanol–water partition coefficient (Wildman–Crippen LogP) is 4.04. The number of anilines is 1. The Morgan fingerprint density at radius 3 is 2.45 bits per heavy atom. The number of benzene rings is 3. The summed E-state index contributed by atoms with van der Waals surface area (Å²) in [5.74, 6) is 0.109. The number of carbonyl (C=O) groups is 1. The van der Waals surface area contributed by atoms with Gasteiger partial charge >= 0.3 is 0 Å². The molecule has 0 atom stereocenters. The number of hydrogen-bond donors (Lipinski definition) is 2. The smallest absolute Gasteiger partial charge is 0.262 e. The molecule has 0 aliphatic heterocycles. The number of rotatable bonds is 7. The topological polar surface area (TPSA) is 97.4 Å². The second kappa shape index (κ2) is 8.75. The standard InChI is InChI=1S/C22H19N3O4S2/c1-29-19-8-4-2-6-17(19)25-31(27,28)16-12-10-15(11-13-16)22(26)23-14-21-24-18-7-3-5-9-20(18)30-21/h2-13,25H,14H2,1H3,(H,23,26). The molecule has 0 aliphatic rings. The number of nitrogens with zero attached hydrogens (tertiary/aromatic N) is 1. The van der Waals surface area contributed by atoms with E-state index in [9.17, 15) is 13.2 Å². The normalized spacial score (nSPS) is 11.3. The molecule has 2 N–H and O–H groups in total. The summed E-state index contributed by atoms with van der Waals surface area (Å²) in [6.45, 7) is 0.299. The minimum Gasteiger partial charge on any atom is -0.495 e. The van der Waals surface area contributed by atoms with Gasteiger partial charge < -0.3 is 10.1 Å². The van der Waals surface area contributed by atoms with Crippen molar-refractivity contribution in [1.29, 1.82) is 0 Å². The summed E-state index contributed by atoms with van der Waals surface area (Å²) in [5.41, 5.74) is 1.59. The van der Waals surface area contributed by atoms with Gasteiger partial charge in [-0.05, 0) is 48.5 Å². The zero-order valence-electron chi connectivity index (χ0n) is 16.5. The van der Waals surface area contributed by atoms with Crippen molar-refractivity contribution in [2.75, 3.05) is 11.8 Å². The quantitative estimate of drug-likeness (QED) is 0.440. The van der Waals surface area contributed by atoms with Crippen LogP contribution in [0.5, 0.6) is 5.75 Å². The summed E-state index contributed by atoms with van der Waals surface area (Å²) in [5, 5.41) is 3.62. The van der Waals surface area contributed by atoms with Crippen LogP contribution in [0.4, 0.5) is 5.69 Å². The molecule has 0 unspecified atom stereocenters. The van der Waals surface area contributed by atoms with Crippen LogP contribution in [0.2, 0.25) is 0 Å². The van der Waals surface area contributed by atoms with Crippen molar-refractivity contribution in [3.63, 3.8) is 0 Å². The first kappa shape index (κ1) is 20.8. The van der Waals surface area contributed by atoms with Gasteiger partial charge in [-0.2, -0.15) is 0 Å². The van der Waals surface area contributed by atoms with Gasteiger partial charge in [-0.25, -0.2) is 13.4 Å². The van der Waals surface area contributed by atoms with E-state index in [0.29, 0.717) is 23.5 Å². The third-order valence-electron chi connectivity index (χ3n) is 4.52. The van der Waals surface area contributed by atoms with Crippen LogP contribution >= 0.6 is 11.3 Å². The molecule has 4 aromatic rings. The first-order valence-electron chi connectivity index (χ1n) is 9.35. The zero-order valence-corrected chi connectivity index (χ0v) is 18.2. The lowest BCUT2D eigenvalue weighted by Crippen LogP contribution is -2.22. The van der Waals surface area contributed by atoms with Gasteiger partial charge in [0.05, 0.1) is 34.5 Å². The lowest BCUT2D eigenvalue weighted by Gasteiger charge is -2.12. The van der Waals surface area contributed by atoms with Crippen molar-refractivity contribution in [3.05, 3.63) is 83.4 Å². The Hall–Kier alpha value is -3.43. The first-order chi connectivity index (χ1) is 15.0. The summed E-state index contributed by atoms with van der Waals surface area (Å²) >= 11 is 1.52. The van der Waals surface area contributed by atoms with Gasteiger partial charge in [0, 0.05) is 5.56 Å². The van der Waals surface area contributed by atoms with Crippen molar-refractivity contribution in [1.82, 2.24) is 10.3 Å². The van der Waals surface area contributed by atoms with Gasteiger partial charge in [0.15, 0.2) is 0 Å². The Bertz CT molecular complexity index is 1300. The molecule has 0 saturated heterocycles. The molecule has 0 spiro atoms. The van der Waals surface area contributed by atoms with E-state index in [1.54, 1.807) is 24.3 Å². The largest absolute Gasteiger partial charge is 0.495 e. The molecule has 1 heterocycles. The van der Waals surface area contributed by atoms with Gasteiger partial charge in [0.1, 0.15) is 10.8 Å². The summed E-state index contributed by atoms with van der Waals surface area (Å²) in [7, 11) is -2.36. The van der Waals surface area contributed by atoms with E-state index < -0.39 is 10.0 Å². The van der Waals surface area contributed by atoms with E-state index >= 15 is 0 Å². The number of nitrogens with one attached hydrogen (secondary N) is 2. The predicted molar refractivity (Wildman–Crippen MR) is 121 cm³/mol. The summed E-state index contributed by atoms with van der Waals surface area (Å²) < 4.78 is 34.1. The first-order valence-corrected chi connectivity index (χ1v) is 11.6. The van der Waals surface area contributed by atoms with Crippen LogP contribution < -0.4 is 14.8 Å². The van der Waals surface area contributed by atoms with Crippen LogP contribution in [0, 0.1) is 0 Å². The third-order valence-corrected chi connectivity index (χ3v) is 6.93. The minimum absolute atomic E-state index is 0.0427. The lowest BCUT2D eigenvalue weighted by molar-refractivity contribution is 0.0951. The van der Waals surface area contributed by atoms with Crippen molar-refractivity contribution in [2.24, 2.45) is 0 Å². The average Bonchev–Trinajstić information content (AvgIpc) is 3.21. The molecular weight excluding hydrogens is 434 g/mol. The molecular formula is C22H19N3O4S2. The Morgan fingerprint density at radius 1 is 1.00 bits per heavy atom. The van der Waals surface area contributed by atoms with E-state index in [1.165, 1.54) is 42.7 Å². The molecule has 31 heavy (non-hydrogen) atoms. The van der Waals surface area contributed by atoms with Gasteiger partial charge in [0.2, 0.25) is 0 Å². The molecule has 0 fully saturated rings. The second-order valence-electron chi connectivity index (χ2n) is 6.59. The number of methoxy groups -OCH3 is 1. The number of carbonyl (C=O) groups excluding carboxylic acids is 1. The van der Waals surface area contributed by atoms with Gasteiger partial charge in [0.25, 0.3) is 15.9 Å². The molecule has 0 bridgehead atoms. The SMILES string of the molecule is COc1ccccc1NS(=O)(=O)c1ccc(C(=O)NCc2nc3ccccc3s2)cc1. The zero-order chi connectivity index (χ0) is 21.8. The van der Waals surface area contributed by atoms with Gasteiger partial charge in [-0.1, -0.05) is 24.3 Å². The van der Waals surface area contributed by atoms with Crippen LogP contribution in [-0.2, 0) is 16.6 Å². The highest BCUT2D eigenvalue weighted by molar-refractivity contribution is 7.92. The van der Waals surface area contributed by atoms with Crippen LogP contribution in [0.25, 0.3) is 10.2 Å². The number of para-hydroxylation sites is 3. The van der Waals surface area contributed by atoms with Gasteiger partial charge in [-0.3, -0.25) is 9.52 Å². The summed E-state index contributed by atoms with van der Waals surface area (Å²) in [6, 6.07) is 20.2. The second-order valence-corrected chi connectivity index (χ2v) is 9.39. The van der Waals surface area contributed by atoms with Crippen molar-refractivity contribution >= 4 is 43.2 Å². The number of thiazole rings is 1. The number of ether oxygens (including phenoxy) is 1. The molecule has 158 valence electrons. The van der Waals surface area contributed by atoms with E-state index in [0.717, 1.165) is 15.2 Å². The van der Waals surface area contributed by atoms with Crippen molar-refractivity contribution in [2.45, 2.75) is 11.4 Å². The van der Waals surface area contributed by atoms with Crippen LogP contribution in [0.3, 0.4) is 0 Å². The fourth-order valence-electron chi connectivity index (χ4n) is 2.97. The summed E-state index contributed by atoms with van der Waals surface area (Å²) in [6.07, 6.45) is 0. The van der Waals surface area contributed by atoms with Crippen molar-refractivity contribution < 1.29 is 17.9 Å². The highest BCUT2D eigenvalue weighted by Gasteiger charge is 2.17. The maximum absolute atomic E-state index is 12.7. The van der Waals surface area contributed by atoms with Crippen molar-refractivity contribution in [3.8, 4) is 5.75 Å². The molecule has 0 aliphatic carbocycles. The highest BCUT2D eigenvalue weighted by atomic mass is 32.2. The molecule has 3 aromatic carbocycles. The molecule has 0 saturated carbocycles. The monoisotopic (exact) mass is 453 g/mol.